The van der Waals surface area contributed by atoms with Crippen LogP contribution in [0.15, 0.2) is 0 Å². The maximum absolute atomic E-state index is 5.34. The monoisotopic (exact) mass is 182 g/mol. The molecule has 1 aliphatic carbocycles. The van der Waals surface area contributed by atoms with Crippen LogP contribution in [0, 0.1) is 17.8 Å². The molecule has 0 amide bonds. The zero-order valence-corrected chi connectivity index (χ0v) is 8.04. The van der Waals surface area contributed by atoms with Gasteiger partial charge in [0.15, 0.2) is 0 Å². The Hall–Kier alpha value is -0.120. The molecule has 13 heavy (non-hydrogen) atoms. The Morgan fingerprint density at radius 3 is 2.54 bits per heavy atom. The van der Waals surface area contributed by atoms with Crippen molar-refractivity contribution in [1.29, 1.82) is 0 Å². The summed E-state index contributed by atoms with van der Waals surface area (Å²) in [7, 11) is 0. The summed E-state index contributed by atoms with van der Waals surface area (Å²) in [4.78, 5) is 2.58. The van der Waals surface area contributed by atoms with Crippen molar-refractivity contribution in [3.05, 3.63) is 0 Å². The second-order valence-electron chi connectivity index (χ2n) is 4.56. The van der Waals surface area contributed by atoms with Gasteiger partial charge in [-0.15, -0.1) is 0 Å². The summed E-state index contributed by atoms with van der Waals surface area (Å²) in [5.74, 6) is 3.05. The van der Waals surface area contributed by atoms with Gasteiger partial charge >= 0.3 is 0 Å². The number of fused-ring (bicyclic) bond motifs is 1. The normalized spacial score (nSPS) is 44.8. The number of piperidine rings is 1. The minimum Gasteiger partial charge on any atom is -0.379 e. The highest BCUT2D eigenvalue weighted by molar-refractivity contribution is 5.04. The van der Waals surface area contributed by atoms with E-state index in [9.17, 15) is 0 Å². The first-order chi connectivity index (χ1) is 6.45. The number of ether oxygens (including phenoxy) is 1. The first kappa shape index (κ1) is 8.21. The summed E-state index contributed by atoms with van der Waals surface area (Å²) < 4.78 is 5.34. The quantitative estimate of drug-likeness (QED) is 0.639. The van der Waals surface area contributed by atoms with Crippen molar-refractivity contribution in [2.45, 2.75) is 0 Å². The zero-order chi connectivity index (χ0) is 8.67. The maximum Gasteiger partial charge on any atom is 0.0594 e. The standard InChI is InChI=1S/C10H18N2O/c1-3-13-4-2-12(1)7-10-8-5-11-6-9(8)10/h8-11H,1-7H2/t8-,9+,10?. The lowest BCUT2D eigenvalue weighted by Crippen LogP contribution is -2.38. The third-order valence-corrected chi connectivity index (χ3v) is 3.84. The maximum atomic E-state index is 5.34. The lowest BCUT2D eigenvalue weighted by atomic mass is 10.2. The largest absolute Gasteiger partial charge is 0.379 e. The van der Waals surface area contributed by atoms with Crippen LogP contribution in [0.25, 0.3) is 0 Å². The molecule has 1 unspecified atom stereocenters. The average Bonchev–Trinajstić information content (AvgIpc) is 2.65. The lowest BCUT2D eigenvalue weighted by molar-refractivity contribution is 0.0343. The van der Waals surface area contributed by atoms with E-state index in [4.69, 9.17) is 4.74 Å². The molecule has 3 atom stereocenters. The molecule has 74 valence electrons. The van der Waals surface area contributed by atoms with Gasteiger partial charge < -0.3 is 10.1 Å². The van der Waals surface area contributed by atoms with Crippen molar-refractivity contribution in [3.8, 4) is 0 Å². The van der Waals surface area contributed by atoms with Crippen LogP contribution in [0.5, 0.6) is 0 Å². The van der Waals surface area contributed by atoms with Crippen LogP contribution < -0.4 is 5.32 Å². The van der Waals surface area contributed by atoms with Crippen LogP contribution in [0.3, 0.4) is 0 Å². The summed E-state index contributed by atoms with van der Waals surface area (Å²) in [6.45, 7) is 8.09. The van der Waals surface area contributed by atoms with Crippen molar-refractivity contribution in [1.82, 2.24) is 10.2 Å². The van der Waals surface area contributed by atoms with E-state index in [0.29, 0.717) is 0 Å². The third-order valence-electron chi connectivity index (χ3n) is 3.84. The Morgan fingerprint density at radius 2 is 1.85 bits per heavy atom. The highest BCUT2D eigenvalue weighted by Crippen LogP contribution is 2.48. The molecule has 2 saturated heterocycles. The van der Waals surface area contributed by atoms with Crippen LogP contribution in [0.1, 0.15) is 0 Å². The molecule has 3 nitrogen and oxygen atoms in total. The smallest absolute Gasteiger partial charge is 0.0594 e. The number of morpholine rings is 1. The van der Waals surface area contributed by atoms with E-state index in [-0.39, 0.29) is 0 Å². The Bertz CT molecular complexity index is 181. The van der Waals surface area contributed by atoms with Gasteiger partial charge in [0, 0.05) is 19.6 Å². The molecule has 2 aliphatic heterocycles. The van der Waals surface area contributed by atoms with Crippen LogP contribution in [-0.4, -0.2) is 50.8 Å². The highest BCUT2D eigenvalue weighted by Gasteiger charge is 2.52. The van der Waals surface area contributed by atoms with Crippen LogP contribution in [0.4, 0.5) is 0 Å². The zero-order valence-electron chi connectivity index (χ0n) is 8.04. The summed E-state index contributed by atoms with van der Waals surface area (Å²) in [5.41, 5.74) is 0. The van der Waals surface area contributed by atoms with Gasteiger partial charge in [-0.25, -0.2) is 0 Å². The summed E-state index contributed by atoms with van der Waals surface area (Å²) in [6.07, 6.45) is 0. The molecule has 3 fully saturated rings. The van der Waals surface area contributed by atoms with Crippen molar-refractivity contribution in [2.24, 2.45) is 17.8 Å². The molecule has 3 aliphatic rings. The fourth-order valence-corrected chi connectivity index (χ4v) is 2.90. The molecule has 1 saturated carbocycles. The number of nitrogens with one attached hydrogen (secondary N) is 1. The first-order valence-corrected chi connectivity index (χ1v) is 5.46. The molecule has 0 aromatic rings. The number of rotatable bonds is 2. The molecule has 2 heterocycles. The molecule has 3 heteroatoms. The molecule has 0 aromatic carbocycles. The van der Waals surface area contributed by atoms with Crippen LogP contribution in [-0.2, 0) is 4.74 Å². The van der Waals surface area contributed by atoms with E-state index in [0.717, 1.165) is 44.1 Å². The number of hydrogen-bond donors (Lipinski definition) is 1. The van der Waals surface area contributed by atoms with E-state index >= 15 is 0 Å². The minimum atomic E-state index is 0.945. The molecule has 0 spiro atoms. The van der Waals surface area contributed by atoms with Crippen LogP contribution in [0.2, 0.25) is 0 Å². The topological polar surface area (TPSA) is 24.5 Å². The van der Waals surface area contributed by atoms with Gasteiger partial charge in [-0.2, -0.15) is 0 Å². The van der Waals surface area contributed by atoms with Gasteiger partial charge in [-0.05, 0) is 30.8 Å². The lowest BCUT2D eigenvalue weighted by Gasteiger charge is -2.27. The van der Waals surface area contributed by atoms with E-state index in [1.54, 1.807) is 0 Å². The molecule has 0 aromatic heterocycles. The van der Waals surface area contributed by atoms with Crippen molar-refractivity contribution in [2.75, 3.05) is 45.9 Å². The van der Waals surface area contributed by atoms with E-state index in [1.165, 1.54) is 19.6 Å². The Balaban J connectivity index is 1.47. The summed E-state index contributed by atoms with van der Waals surface area (Å²) in [6, 6.07) is 0. The Labute approximate surface area is 79.4 Å². The molecule has 3 rings (SSSR count). The number of nitrogens with zero attached hydrogens (tertiary/aromatic N) is 1. The van der Waals surface area contributed by atoms with Gasteiger partial charge in [0.1, 0.15) is 0 Å². The van der Waals surface area contributed by atoms with Gasteiger partial charge in [-0.3, -0.25) is 4.90 Å². The first-order valence-electron chi connectivity index (χ1n) is 5.46. The predicted molar refractivity (Wildman–Crippen MR) is 50.6 cm³/mol. The van der Waals surface area contributed by atoms with Gasteiger partial charge in [0.25, 0.3) is 0 Å². The highest BCUT2D eigenvalue weighted by atomic mass is 16.5. The van der Waals surface area contributed by atoms with E-state index < -0.39 is 0 Å². The average molecular weight is 182 g/mol. The third kappa shape index (κ3) is 1.49. The summed E-state index contributed by atoms with van der Waals surface area (Å²) in [5, 5.41) is 3.45. The predicted octanol–water partition coefficient (Wildman–Crippen LogP) is -0.216. The Kier molecular flexibility index (Phi) is 2.04. The minimum absolute atomic E-state index is 0.945. The van der Waals surface area contributed by atoms with E-state index in [2.05, 4.69) is 10.2 Å². The fourth-order valence-electron chi connectivity index (χ4n) is 2.90. The van der Waals surface area contributed by atoms with E-state index in [1.807, 2.05) is 0 Å². The molecular weight excluding hydrogens is 164 g/mol. The fraction of sp³-hybridized carbons (Fsp3) is 1.00. The Morgan fingerprint density at radius 1 is 1.15 bits per heavy atom. The SMILES string of the molecule is C1CN(CC2[C@H]3CNC[C@@H]23)CCO1. The second-order valence-corrected chi connectivity index (χ2v) is 4.56. The molecule has 0 bridgehead atoms. The van der Waals surface area contributed by atoms with Crippen molar-refractivity contribution >= 4 is 0 Å². The van der Waals surface area contributed by atoms with Gasteiger partial charge in [0.05, 0.1) is 13.2 Å². The second kappa shape index (κ2) is 3.23. The van der Waals surface area contributed by atoms with Crippen LogP contribution >= 0.6 is 0 Å². The van der Waals surface area contributed by atoms with Gasteiger partial charge in [-0.1, -0.05) is 0 Å². The van der Waals surface area contributed by atoms with Crippen molar-refractivity contribution < 1.29 is 4.74 Å². The van der Waals surface area contributed by atoms with Crippen molar-refractivity contribution in [3.63, 3.8) is 0 Å². The van der Waals surface area contributed by atoms with Gasteiger partial charge in [0.2, 0.25) is 0 Å². The molecule has 1 N–H and O–H groups in total. The molecular formula is C10H18N2O. The summed E-state index contributed by atoms with van der Waals surface area (Å²) >= 11 is 0. The number of hydrogen-bond acceptors (Lipinski definition) is 3. The molecule has 0 radical (unpaired) electrons.